The van der Waals surface area contributed by atoms with E-state index in [1.54, 1.807) is 6.92 Å². The zero-order valence-electron chi connectivity index (χ0n) is 24.0. The van der Waals surface area contributed by atoms with Gasteiger partial charge in [0.2, 0.25) is 0 Å². The topological polar surface area (TPSA) is 54.0 Å². The van der Waals surface area contributed by atoms with Crippen molar-refractivity contribution in [1.82, 2.24) is 0 Å². The Labute approximate surface area is 226 Å². The van der Waals surface area contributed by atoms with E-state index < -0.39 is 5.79 Å². The van der Waals surface area contributed by atoms with Gasteiger partial charge in [0, 0.05) is 5.57 Å². The third-order valence-electron chi connectivity index (χ3n) is 6.82. The van der Waals surface area contributed by atoms with Crippen molar-refractivity contribution < 1.29 is 23.7 Å². The maximum Gasteiger partial charge on any atom is 0.333 e. The smallest absolute Gasteiger partial charge is 0.333 e. The minimum absolute atomic E-state index is 0.194. The van der Waals surface area contributed by atoms with Gasteiger partial charge in [-0.2, -0.15) is 0 Å². The summed E-state index contributed by atoms with van der Waals surface area (Å²) in [6, 6.07) is 7.85. The van der Waals surface area contributed by atoms with Crippen LogP contribution in [-0.2, 0) is 19.0 Å². The van der Waals surface area contributed by atoms with Gasteiger partial charge in [0.15, 0.2) is 5.79 Å². The lowest BCUT2D eigenvalue weighted by Gasteiger charge is -2.17. The van der Waals surface area contributed by atoms with Gasteiger partial charge in [0.05, 0.1) is 13.2 Å². The Morgan fingerprint density at radius 3 is 1.95 bits per heavy atom. The molecule has 0 radical (unpaired) electrons. The highest BCUT2D eigenvalue weighted by molar-refractivity contribution is 5.93. The van der Waals surface area contributed by atoms with Crippen molar-refractivity contribution in [3.8, 4) is 5.75 Å². The summed E-state index contributed by atoms with van der Waals surface area (Å²) < 4.78 is 22.4. The van der Waals surface area contributed by atoms with Crippen LogP contribution in [0.1, 0.15) is 123 Å². The van der Waals surface area contributed by atoms with Crippen LogP contribution in [0.15, 0.2) is 29.8 Å². The monoisotopic (exact) mass is 516 g/mol. The molecule has 1 fully saturated rings. The standard InChI is InChI=1S/C32H52O5/c1-5-6-7-8-9-10-11-12-13-14-15-16-17-18-23-34-29-21-19-28(20-22-29)24-27(2)31(33)35-25-30-26-36-32(3,4)37-30/h19-22,24,30H,5-18,23,25-26H2,1-4H3/b27-24+. The Kier molecular flexibility index (Phi) is 15.6. The number of unbranched alkanes of at least 4 members (excludes halogenated alkanes) is 13. The Hall–Kier alpha value is -1.85. The molecule has 1 aromatic carbocycles. The van der Waals surface area contributed by atoms with Gasteiger partial charge >= 0.3 is 5.97 Å². The van der Waals surface area contributed by atoms with Gasteiger partial charge in [-0.05, 0) is 51.0 Å². The van der Waals surface area contributed by atoms with E-state index in [9.17, 15) is 4.79 Å². The molecule has 1 aromatic rings. The highest BCUT2D eigenvalue weighted by atomic mass is 16.7. The van der Waals surface area contributed by atoms with Gasteiger partial charge in [-0.3, -0.25) is 0 Å². The number of ether oxygens (including phenoxy) is 4. The lowest BCUT2D eigenvalue weighted by molar-refractivity contribution is -0.155. The number of carbonyl (C=O) groups is 1. The largest absolute Gasteiger partial charge is 0.494 e. The minimum atomic E-state index is -0.613. The SMILES string of the molecule is CCCCCCCCCCCCCCCCOc1ccc(/C=C(\C)C(=O)OCC2COC(C)(C)O2)cc1. The van der Waals surface area contributed by atoms with E-state index in [-0.39, 0.29) is 18.7 Å². The third kappa shape index (κ3) is 14.6. The maximum atomic E-state index is 12.3. The number of rotatable bonds is 20. The number of hydrogen-bond acceptors (Lipinski definition) is 5. The Balaban J connectivity index is 1.48. The number of esters is 1. The van der Waals surface area contributed by atoms with E-state index in [2.05, 4.69) is 6.92 Å². The molecule has 0 aliphatic carbocycles. The first kappa shape index (κ1) is 31.4. The molecule has 210 valence electrons. The lowest BCUT2D eigenvalue weighted by atomic mass is 10.0. The summed E-state index contributed by atoms with van der Waals surface area (Å²) in [4.78, 5) is 12.3. The molecule has 0 saturated carbocycles. The van der Waals surface area contributed by atoms with Crippen molar-refractivity contribution in [3.05, 3.63) is 35.4 Å². The summed E-state index contributed by atoms with van der Waals surface area (Å²) in [7, 11) is 0. The molecule has 0 aromatic heterocycles. The molecule has 5 heteroatoms. The molecule has 0 N–H and O–H groups in total. The van der Waals surface area contributed by atoms with E-state index >= 15 is 0 Å². The summed E-state index contributed by atoms with van der Waals surface area (Å²) in [5.74, 6) is -0.0856. The molecular formula is C32H52O5. The average molecular weight is 517 g/mol. The van der Waals surface area contributed by atoms with Crippen molar-refractivity contribution in [1.29, 1.82) is 0 Å². The predicted molar refractivity (Wildman–Crippen MR) is 152 cm³/mol. The zero-order valence-corrected chi connectivity index (χ0v) is 24.0. The second-order valence-corrected chi connectivity index (χ2v) is 10.9. The van der Waals surface area contributed by atoms with E-state index in [1.165, 1.54) is 83.5 Å². The van der Waals surface area contributed by atoms with Gasteiger partial charge in [0.25, 0.3) is 0 Å². The number of benzene rings is 1. The van der Waals surface area contributed by atoms with E-state index in [0.717, 1.165) is 24.3 Å². The Morgan fingerprint density at radius 2 is 1.43 bits per heavy atom. The van der Waals surface area contributed by atoms with Crippen LogP contribution in [0.2, 0.25) is 0 Å². The molecule has 1 saturated heterocycles. The van der Waals surface area contributed by atoms with Crippen molar-refractivity contribution in [2.45, 2.75) is 129 Å². The second-order valence-electron chi connectivity index (χ2n) is 10.9. The normalized spacial score (nSPS) is 17.2. The van der Waals surface area contributed by atoms with Crippen LogP contribution in [0.25, 0.3) is 6.08 Å². The highest BCUT2D eigenvalue weighted by Gasteiger charge is 2.33. The molecule has 0 amide bonds. The fourth-order valence-electron chi connectivity index (χ4n) is 4.58. The molecule has 1 unspecified atom stereocenters. The van der Waals surface area contributed by atoms with Crippen LogP contribution in [0, 0.1) is 0 Å². The van der Waals surface area contributed by atoms with Crippen LogP contribution in [0.4, 0.5) is 0 Å². The van der Waals surface area contributed by atoms with Crippen molar-refractivity contribution in [2.24, 2.45) is 0 Å². The first-order chi connectivity index (χ1) is 17.9. The van der Waals surface area contributed by atoms with E-state index in [0.29, 0.717) is 12.2 Å². The molecule has 2 rings (SSSR count). The van der Waals surface area contributed by atoms with Crippen LogP contribution < -0.4 is 4.74 Å². The summed E-state index contributed by atoms with van der Waals surface area (Å²) >= 11 is 0. The van der Waals surface area contributed by atoms with Gasteiger partial charge in [0.1, 0.15) is 18.5 Å². The van der Waals surface area contributed by atoms with Gasteiger partial charge in [-0.1, -0.05) is 103 Å². The Morgan fingerprint density at radius 1 is 0.892 bits per heavy atom. The van der Waals surface area contributed by atoms with E-state index in [1.807, 2.05) is 44.2 Å². The van der Waals surface area contributed by atoms with Gasteiger partial charge in [-0.25, -0.2) is 4.79 Å². The highest BCUT2D eigenvalue weighted by Crippen LogP contribution is 2.23. The van der Waals surface area contributed by atoms with Crippen LogP contribution in [0.3, 0.4) is 0 Å². The van der Waals surface area contributed by atoms with Crippen molar-refractivity contribution in [3.63, 3.8) is 0 Å². The van der Waals surface area contributed by atoms with Gasteiger partial charge in [-0.15, -0.1) is 0 Å². The summed E-state index contributed by atoms with van der Waals surface area (Å²) in [6.07, 6.45) is 20.6. The molecule has 37 heavy (non-hydrogen) atoms. The van der Waals surface area contributed by atoms with Crippen LogP contribution in [-0.4, -0.2) is 37.7 Å². The fraction of sp³-hybridized carbons (Fsp3) is 0.719. The fourth-order valence-corrected chi connectivity index (χ4v) is 4.58. The van der Waals surface area contributed by atoms with Crippen molar-refractivity contribution in [2.75, 3.05) is 19.8 Å². The maximum absolute atomic E-state index is 12.3. The first-order valence-electron chi connectivity index (χ1n) is 14.8. The second kappa shape index (κ2) is 18.4. The van der Waals surface area contributed by atoms with Crippen molar-refractivity contribution >= 4 is 12.0 Å². The summed E-state index contributed by atoms with van der Waals surface area (Å²) in [5.41, 5.74) is 1.49. The summed E-state index contributed by atoms with van der Waals surface area (Å²) in [5, 5.41) is 0. The molecule has 0 bridgehead atoms. The zero-order chi connectivity index (χ0) is 26.8. The molecule has 1 atom stereocenters. The quantitative estimate of drug-likeness (QED) is 0.0986. The summed E-state index contributed by atoms with van der Waals surface area (Å²) in [6.45, 7) is 9.13. The molecule has 0 spiro atoms. The molecule has 1 aliphatic heterocycles. The number of carbonyl (C=O) groups excluding carboxylic acids is 1. The van der Waals surface area contributed by atoms with Crippen LogP contribution in [0.5, 0.6) is 5.75 Å². The molecule has 1 aliphatic rings. The molecule has 5 nitrogen and oxygen atoms in total. The van der Waals surface area contributed by atoms with Gasteiger partial charge < -0.3 is 18.9 Å². The predicted octanol–water partition coefficient (Wildman–Crippen LogP) is 8.64. The molecular weight excluding hydrogens is 464 g/mol. The Bertz CT molecular complexity index is 768. The average Bonchev–Trinajstić information content (AvgIpc) is 3.24. The number of hydrogen-bond donors (Lipinski definition) is 0. The van der Waals surface area contributed by atoms with E-state index in [4.69, 9.17) is 18.9 Å². The first-order valence-corrected chi connectivity index (χ1v) is 14.8. The molecule has 1 heterocycles. The lowest BCUT2D eigenvalue weighted by Crippen LogP contribution is -2.25. The van der Waals surface area contributed by atoms with Crippen LogP contribution >= 0.6 is 0 Å². The minimum Gasteiger partial charge on any atom is -0.494 e. The third-order valence-corrected chi connectivity index (χ3v) is 6.82.